The summed E-state index contributed by atoms with van der Waals surface area (Å²) in [4.78, 5) is 0. The van der Waals surface area contributed by atoms with Crippen molar-refractivity contribution >= 4 is 23.2 Å². The molecular formula is C13H16Cl2O2. The van der Waals surface area contributed by atoms with Crippen LogP contribution in [0.3, 0.4) is 0 Å². The maximum atomic E-state index is 10.2. The van der Waals surface area contributed by atoms with E-state index in [0.29, 0.717) is 27.9 Å². The summed E-state index contributed by atoms with van der Waals surface area (Å²) in [7, 11) is 0. The molecule has 0 bridgehead atoms. The summed E-state index contributed by atoms with van der Waals surface area (Å²) in [6.45, 7) is 1.57. The number of halogens is 2. The SMILES string of the molecule is OC(CC1CCOCC1)c1c(Cl)cccc1Cl. The average Bonchev–Trinajstić information content (AvgIpc) is 2.30. The standard InChI is InChI=1S/C13H16Cl2O2/c14-10-2-1-3-11(15)13(10)12(16)8-9-4-6-17-7-5-9/h1-3,9,12,16H,4-8H2. The van der Waals surface area contributed by atoms with Gasteiger partial charge in [-0.25, -0.2) is 0 Å². The second kappa shape index (κ2) is 6.05. The van der Waals surface area contributed by atoms with Gasteiger partial charge in [0.1, 0.15) is 0 Å². The molecular weight excluding hydrogens is 259 g/mol. The van der Waals surface area contributed by atoms with Crippen LogP contribution in [0.4, 0.5) is 0 Å². The van der Waals surface area contributed by atoms with Crippen LogP contribution in [0.15, 0.2) is 18.2 Å². The third-order valence-electron chi connectivity index (χ3n) is 3.23. The summed E-state index contributed by atoms with van der Waals surface area (Å²) in [6, 6.07) is 5.31. The Hall–Kier alpha value is -0.280. The van der Waals surface area contributed by atoms with E-state index in [-0.39, 0.29) is 0 Å². The quantitative estimate of drug-likeness (QED) is 0.908. The minimum atomic E-state index is -0.584. The van der Waals surface area contributed by atoms with Gasteiger partial charge in [-0.2, -0.15) is 0 Å². The number of hydrogen-bond acceptors (Lipinski definition) is 2. The van der Waals surface area contributed by atoms with E-state index in [1.165, 1.54) is 0 Å². The molecule has 0 radical (unpaired) electrons. The molecule has 0 aromatic heterocycles. The first-order valence-electron chi connectivity index (χ1n) is 5.88. The molecule has 1 aliphatic heterocycles. The molecule has 17 heavy (non-hydrogen) atoms. The summed E-state index contributed by atoms with van der Waals surface area (Å²) in [6.07, 6.45) is 2.12. The lowest BCUT2D eigenvalue weighted by molar-refractivity contribution is 0.0435. The van der Waals surface area contributed by atoms with E-state index >= 15 is 0 Å². The van der Waals surface area contributed by atoms with E-state index in [9.17, 15) is 5.11 Å². The van der Waals surface area contributed by atoms with Crippen molar-refractivity contribution in [3.63, 3.8) is 0 Å². The Kier molecular flexibility index (Phi) is 4.69. The predicted octanol–water partition coefficient (Wildman–Crippen LogP) is 3.84. The first-order chi connectivity index (χ1) is 8.18. The number of hydrogen-bond donors (Lipinski definition) is 1. The maximum Gasteiger partial charge on any atom is 0.0821 e. The second-order valence-electron chi connectivity index (χ2n) is 4.44. The van der Waals surface area contributed by atoms with Crippen LogP contribution < -0.4 is 0 Å². The fourth-order valence-electron chi connectivity index (χ4n) is 2.24. The number of rotatable bonds is 3. The van der Waals surface area contributed by atoms with Gasteiger partial charge >= 0.3 is 0 Å². The number of aliphatic hydroxyl groups is 1. The third kappa shape index (κ3) is 3.35. The summed E-state index contributed by atoms with van der Waals surface area (Å²) in [5.74, 6) is 0.492. The van der Waals surface area contributed by atoms with Crippen LogP contribution in [0, 0.1) is 5.92 Å². The van der Waals surface area contributed by atoms with Gasteiger partial charge < -0.3 is 9.84 Å². The second-order valence-corrected chi connectivity index (χ2v) is 5.26. The smallest absolute Gasteiger partial charge is 0.0821 e. The highest BCUT2D eigenvalue weighted by Crippen LogP contribution is 2.35. The van der Waals surface area contributed by atoms with Gasteiger partial charge in [0.15, 0.2) is 0 Å². The molecule has 1 aromatic carbocycles. The Balaban J connectivity index is 2.05. The fourth-order valence-corrected chi connectivity index (χ4v) is 2.89. The maximum absolute atomic E-state index is 10.2. The lowest BCUT2D eigenvalue weighted by atomic mass is 9.91. The van der Waals surface area contributed by atoms with Crippen LogP contribution in [0.25, 0.3) is 0 Å². The van der Waals surface area contributed by atoms with E-state index in [2.05, 4.69) is 0 Å². The molecule has 1 unspecified atom stereocenters. The molecule has 1 aromatic rings. The molecule has 0 spiro atoms. The van der Waals surface area contributed by atoms with Gasteiger partial charge in [-0.15, -0.1) is 0 Å². The van der Waals surface area contributed by atoms with E-state index in [4.69, 9.17) is 27.9 Å². The van der Waals surface area contributed by atoms with Gasteiger partial charge in [0.2, 0.25) is 0 Å². The van der Waals surface area contributed by atoms with Crippen molar-refractivity contribution < 1.29 is 9.84 Å². The van der Waals surface area contributed by atoms with Crippen molar-refractivity contribution in [2.24, 2.45) is 5.92 Å². The molecule has 0 saturated carbocycles. The minimum Gasteiger partial charge on any atom is -0.388 e. The topological polar surface area (TPSA) is 29.5 Å². The molecule has 1 N–H and O–H groups in total. The molecule has 1 fully saturated rings. The normalized spacial score (nSPS) is 19.2. The van der Waals surface area contributed by atoms with E-state index in [1.54, 1.807) is 18.2 Å². The molecule has 2 rings (SSSR count). The summed E-state index contributed by atoms with van der Waals surface area (Å²) in [5, 5.41) is 11.3. The number of aliphatic hydroxyl groups excluding tert-OH is 1. The molecule has 0 aliphatic carbocycles. The molecule has 1 saturated heterocycles. The highest BCUT2D eigenvalue weighted by molar-refractivity contribution is 6.36. The molecule has 4 heteroatoms. The van der Waals surface area contributed by atoms with Crippen LogP contribution in [0.2, 0.25) is 10.0 Å². The first kappa shape index (κ1) is 13.2. The van der Waals surface area contributed by atoms with Gasteiger partial charge in [0.05, 0.1) is 6.10 Å². The van der Waals surface area contributed by atoms with Gasteiger partial charge in [0.25, 0.3) is 0 Å². The van der Waals surface area contributed by atoms with Crippen molar-refractivity contribution in [1.29, 1.82) is 0 Å². The minimum absolute atomic E-state index is 0.492. The van der Waals surface area contributed by atoms with Crippen LogP contribution >= 0.6 is 23.2 Å². The zero-order valence-corrected chi connectivity index (χ0v) is 11.0. The molecule has 1 heterocycles. The Morgan fingerprint density at radius 1 is 1.24 bits per heavy atom. The van der Waals surface area contributed by atoms with Crippen molar-refractivity contribution in [3.8, 4) is 0 Å². The van der Waals surface area contributed by atoms with E-state index in [1.807, 2.05) is 0 Å². The predicted molar refractivity (Wildman–Crippen MR) is 69.6 cm³/mol. The van der Waals surface area contributed by atoms with Crippen molar-refractivity contribution in [3.05, 3.63) is 33.8 Å². The Morgan fingerprint density at radius 3 is 2.41 bits per heavy atom. The van der Waals surface area contributed by atoms with Gasteiger partial charge in [-0.05, 0) is 37.3 Å². The van der Waals surface area contributed by atoms with E-state index in [0.717, 1.165) is 26.1 Å². The lowest BCUT2D eigenvalue weighted by Gasteiger charge is -2.25. The highest BCUT2D eigenvalue weighted by atomic mass is 35.5. The zero-order valence-electron chi connectivity index (χ0n) is 9.53. The van der Waals surface area contributed by atoms with Crippen LogP contribution in [-0.2, 0) is 4.74 Å². The average molecular weight is 275 g/mol. The monoisotopic (exact) mass is 274 g/mol. The van der Waals surface area contributed by atoms with Crippen molar-refractivity contribution in [1.82, 2.24) is 0 Å². The number of ether oxygens (including phenoxy) is 1. The fraction of sp³-hybridized carbons (Fsp3) is 0.538. The molecule has 1 atom stereocenters. The Labute approximate surface area is 111 Å². The summed E-state index contributed by atoms with van der Waals surface area (Å²) < 4.78 is 5.30. The number of benzene rings is 1. The largest absolute Gasteiger partial charge is 0.388 e. The lowest BCUT2D eigenvalue weighted by Crippen LogP contribution is -2.18. The Morgan fingerprint density at radius 2 is 1.82 bits per heavy atom. The van der Waals surface area contributed by atoms with Crippen molar-refractivity contribution in [2.75, 3.05) is 13.2 Å². The first-order valence-corrected chi connectivity index (χ1v) is 6.64. The molecule has 1 aliphatic rings. The van der Waals surface area contributed by atoms with Gasteiger partial charge in [-0.1, -0.05) is 29.3 Å². The Bertz CT molecular complexity index is 355. The molecule has 2 nitrogen and oxygen atoms in total. The summed E-state index contributed by atoms with van der Waals surface area (Å²) >= 11 is 12.1. The van der Waals surface area contributed by atoms with Crippen LogP contribution in [0.1, 0.15) is 30.9 Å². The highest BCUT2D eigenvalue weighted by Gasteiger charge is 2.21. The van der Waals surface area contributed by atoms with Crippen LogP contribution in [-0.4, -0.2) is 18.3 Å². The zero-order chi connectivity index (χ0) is 12.3. The van der Waals surface area contributed by atoms with Crippen LogP contribution in [0.5, 0.6) is 0 Å². The molecule has 0 amide bonds. The van der Waals surface area contributed by atoms with Crippen molar-refractivity contribution in [2.45, 2.75) is 25.4 Å². The molecule has 94 valence electrons. The third-order valence-corrected chi connectivity index (χ3v) is 3.89. The van der Waals surface area contributed by atoms with Gasteiger partial charge in [0, 0.05) is 28.8 Å². The summed E-state index contributed by atoms with van der Waals surface area (Å²) in [5.41, 5.74) is 0.655. The van der Waals surface area contributed by atoms with Gasteiger partial charge in [-0.3, -0.25) is 0 Å². The van der Waals surface area contributed by atoms with E-state index < -0.39 is 6.10 Å².